The predicted octanol–water partition coefficient (Wildman–Crippen LogP) is 4.03. The van der Waals surface area contributed by atoms with Crippen LogP contribution in [0.25, 0.3) is 0 Å². The molecule has 31 heavy (non-hydrogen) atoms. The molecular formula is C25H27NO5. The van der Waals surface area contributed by atoms with Crippen molar-refractivity contribution in [2.24, 2.45) is 5.92 Å². The number of ether oxygens (including phenoxy) is 1. The van der Waals surface area contributed by atoms with Gasteiger partial charge in [0.2, 0.25) is 0 Å². The van der Waals surface area contributed by atoms with Crippen LogP contribution in [0.5, 0.6) is 0 Å². The molecule has 0 fully saturated rings. The molecule has 0 radical (unpaired) electrons. The SMILES string of the molecule is CC(C)[C@H](C(=O)OCC(=O)c1ccc(C(C)(C)C)cc1)N1C(=O)c2ccccc2C1=O. The van der Waals surface area contributed by atoms with Gasteiger partial charge in [-0.3, -0.25) is 19.3 Å². The molecule has 1 aliphatic rings. The lowest BCUT2D eigenvalue weighted by molar-refractivity contribution is -0.148. The molecule has 3 rings (SSSR count). The van der Waals surface area contributed by atoms with Gasteiger partial charge in [0, 0.05) is 5.56 Å². The van der Waals surface area contributed by atoms with Crippen molar-refractivity contribution in [3.8, 4) is 0 Å². The van der Waals surface area contributed by atoms with Crippen molar-refractivity contribution >= 4 is 23.6 Å². The van der Waals surface area contributed by atoms with E-state index >= 15 is 0 Å². The molecule has 0 bridgehead atoms. The summed E-state index contributed by atoms with van der Waals surface area (Å²) in [6, 6.07) is 12.5. The van der Waals surface area contributed by atoms with Crippen LogP contribution in [-0.2, 0) is 14.9 Å². The van der Waals surface area contributed by atoms with Gasteiger partial charge in [0.25, 0.3) is 11.8 Å². The van der Waals surface area contributed by atoms with Gasteiger partial charge in [-0.2, -0.15) is 0 Å². The molecule has 0 aromatic heterocycles. The number of nitrogens with zero attached hydrogens (tertiary/aromatic N) is 1. The highest BCUT2D eigenvalue weighted by Crippen LogP contribution is 2.28. The Labute approximate surface area is 182 Å². The molecule has 0 saturated heterocycles. The third-order valence-electron chi connectivity index (χ3n) is 5.40. The number of imide groups is 1. The number of Topliss-reactive ketones (excluding diaryl/α,β-unsaturated/α-hetero) is 1. The summed E-state index contributed by atoms with van der Waals surface area (Å²) >= 11 is 0. The molecule has 2 aromatic carbocycles. The first kappa shape index (κ1) is 22.4. The van der Waals surface area contributed by atoms with Gasteiger partial charge in [0.1, 0.15) is 6.04 Å². The number of rotatable bonds is 6. The summed E-state index contributed by atoms with van der Waals surface area (Å²) < 4.78 is 5.25. The van der Waals surface area contributed by atoms with E-state index in [-0.39, 0.29) is 28.2 Å². The van der Waals surface area contributed by atoms with Gasteiger partial charge in [0.15, 0.2) is 12.4 Å². The maximum Gasteiger partial charge on any atom is 0.330 e. The van der Waals surface area contributed by atoms with Crippen molar-refractivity contribution in [1.29, 1.82) is 0 Å². The van der Waals surface area contributed by atoms with E-state index in [0.717, 1.165) is 10.5 Å². The Kier molecular flexibility index (Phi) is 6.11. The number of hydrogen-bond donors (Lipinski definition) is 0. The fourth-order valence-corrected chi connectivity index (χ4v) is 3.60. The van der Waals surface area contributed by atoms with Crippen LogP contribution in [0.15, 0.2) is 48.5 Å². The Morgan fingerprint density at radius 2 is 1.42 bits per heavy atom. The van der Waals surface area contributed by atoms with Crippen molar-refractivity contribution in [1.82, 2.24) is 4.90 Å². The van der Waals surface area contributed by atoms with E-state index in [4.69, 9.17) is 4.74 Å². The van der Waals surface area contributed by atoms with Gasteiger partial charge in [-0.1, -0.05) is 71.0 Å². The van der Waals surface area contributed by atoms with Gasteiger partial charge in [-0.15, -0.1) is 0 Å². The summed E-state index contributed by atoms with van der Waals surface area (Å²) in [7, 11) is 0. The van der Waals surface area contributed by atoms with Crippen LogP contribution in [-0.4, -0.2) is 41.1 Å². The predicted molar refractivity (Wildman–Crippen MR) is 116 cm³/mol. The zero-order chi connectivity index (χ0) is 22.9. The summed E-state index contributed by atoms with van der Waals surface area (Å²) in [4.78, 5) is 51.8. The average Bonchev–Trinajstić information content (AvgIpc) is 2.97. The number of amides is 2. The molecule has 0 N–H and O–H groups in total. The quantitative estimate of drug-likeness (QED) is 0.400. The summed E-state index contributed by atoms with van der Waals surface area (Å²) in [5, 5.41) is 0. The summed E-state index contributed by atoms with van der Waals surface area (Å²) in [5.74, 6) is -2.56. The lowest BCUT2D eigenvalue weighted by Gasteiger charge is -2.27. The summed E-state index contributed by atoms with van der Waals surface area (Å²) in [5.41, 5.74) is 2.02. The molecule has 2 amide bonds. The fraction of sp³-hybridized carbons (Fsp3) is 0.360. The van der Waals surface area contributed by atoms with E-state index in [2.05, 4.69) is 20.8 Å². The molecule has 0 saturated carbocycles. The number of benzene rings is 2. The van der Waals surface area contributed by atoms with Crippen molar-refractivity contribution in [2.75, 3.05) is 6.61 Å². The zero-order valence-corrected chi connectivity index (χ0v) is 18.5. The Balaban J connectivity index is 1.72. The number of carbonyl (C=O) groups excluding carboxylic acids is 4. The van der Waals surface area contributed by atoms with Gasteiger partial charge < -0.3 is 4.74 Å². The van der Waals surface area contributed by atoms with Gasteiger partial charge >= 0.3 is 5.97 Å². The number of esters is 1. The van der Waals surface area contributed by atoms with E-state index in [1.54, 1.807) is 50.2 Å². The molecule has 1 aliphatic heterocycles. The van der Waals surface area contributed by atoms with E-state index in [1.165, 1.54) is 0 Å². The average molecular weight is 421 g/mol. The van der Waals surface area contributed by atoms with Gasteiger partial charge in [-0.05, 0) is 29.0 Å². The van der Waals surface area contributed by atoms with Crippen LogP contribution in [0.2, 0.25) is 0 Å². The van der Waals surface area contributed by atoms with Crippen LogP contribution in [0.3, 0.4) is 0 Å². The minimum absolute atomic E-state index is 0.0368. The first-order valence-electron chi connectivity index (χ1n) is 10.3. The third kappa shape index (κ3) is 4.43. The summed E-state index contributed by atoms with van der Waals surface area (Å²) in [6.45, 7) is 9.23. The largest absolute Gasteiger partial charge is 0.456 e. The van der Waals surface area contributed by atoms with Crippen molar-refractivity contribution < 1.29 is 23.9 Å². The Hall–Kier alpha value is -3.28. The fourth-order valence-electron chi connectivity index (χ4n) is 3.60. The second kappa shape index (κ2) is 8.46. The highest BCUT2D eigenvalue weighted by atomic mass is 16.5. The van der Waals surface area contributed by atoms with Crippen molar-refractivity contribution in [3.05, 3.63) is 70.8 Å². The number of ketones is 1. The molecule has 0 unspecified atom stereocenters. The van der Waals surface area contributed by atoms with Crippen molar-refractivity contribution in [2.45, 2.75) is 46.1 Å². The second-order valence-corrected chi connectivity index (χ2v) is 9.07. The highest BCUT2D eigenvalue weighted by Gasteiger charge is 2.44. The molecule has 162 valence electrons. The first-order chi connectivity index (χ1) is 14.5. The molecule has 0 aliphatic carbocycles. The Morgan fingerprint density at radius 1 is 0.903 bits per heavy atom. The van der Waals surface area contributed by atoms with E-state index in [1.807, 2.05) is 12.1 Å². The minimum Gasteiger partial charge on any atom is -0.456 e. The number of fused-ring (bicyclic) bond motifs is 1. The molecule has 6 heteroatoms. The lowest BCUT2D eigenvalue weighted by atomic mass is 9.86. The third-order valence-corrected chi connectivity index (χ3v) is 5.40. The Morgan fingerprint density at radius 3 is 1.87 bits per heavy atom. The minimum atomic E-state index is -1.11. The molecular weight excluding hydrogens is 394 g/mol. The smallest absolute Gasteiger partial charge is 0.330 e. The highest BCUT2D eigenvalue weighted by molar-refractivity contribution is 6.22. The Bertz CT molecular complexity index is 996. The second-order valence-electron chi connectivity index (χ2n) is 9.07. The standard InChI is InChI=1S/C25H27NO5/c1-15(2)21(26-22(28)18-8-6-7-9-19(18)23(26)29)24(30)31-14-20(27)16-10-12-17(13-11-16)25(3,4)5/h6-13,15,21H,14H2,1-5H3/t21-/m1/s1. The van der Waals surface area contributed by atoms with Crippen molar-refractivity contribution in [3.63, 3.8) is 0 Å². The lowest BCUT2D eigenvalue weighted by Crippen LogP contribution is -2.49. The molecule has 6 nitrogen and oxygen atoms in total. The topological polar surface area (TPSA) is 80.8 Å². The maximum absolute atomic E-state index is 12.8. The number of hydrogen-bond acceptors (Lipinski definition) is 5. The van der Waals surface area contributed by atoms with Crippen LogP contribution in [0.1, 0.15) is 71.3 Å². The molecule has 0 spiro atoms. The van der Waals surface area contributed by atoms with E-state index in [0.29, 0.717) is 5.56 Å². The molecule has 2 aromatic rings. The van der Waals surface area contributed by atoms with Gasteiger partial charge in [0.05, 0.1) is 11.1 Å². The zero-order valence-electron chi connectivity index (χ0n) is 18.5. The summed E-state index contributed by atoms with van der Waals surface area (Å²) in [6.07, 6.45) is 0. The van der Waals surface area contributed by atoms with Crippen LogP contribution < -0.4 is 0 Å². The first-order valence-corrected chi connectivity index (χ1v) is 10.3. The monoisotopic (exact) mass is 421 g/mol. The van der Waals surface area contributed by atoms with Crippen LogP contribution in [0.4, 0.5) is 0 Å². The number of carbonyl (C=O) groups is 4. The van der Waals surface area contributed by atoms with E-state index in [9.17, 15) is 19.2 Å². The normalized spacial score (nSPS) is 14.6. The van der Waals surface area contributed by atoms with Crippen LogP contribution in [0, 0.1) is 5.92 Å². The van der Waals surface area contributed by atoms with Crippen LogP contribution >= 0.6 is 0 Å². The van der Waals surface area contributed by atoms with Gasteiger partial charge in [-0.25, -0.2) is 4.79 Å². The molecule has 1 atom stereocenters. The maximum atomic E-state index is 12.8. The molecule has 1 heterocycles. The van der Waals surface area contributed by atoms with E-state index < -0.39 is 30.4 Å².